The van der Waals surface area contributed by atoms with Crippen LogP contribution < -0.4 is 4.74 Å². The monoisotopic (exact) mass is 148 g/mol. The van der Waals surface area contributed by atoms with E-state index in [-0.39, 0.29) is 12.4 Å². The van der Waals surface area contributed by atoms with Crippen LogP contribution in [0.1, 0.15) is 15.9 Å². The lowest BCUT2D eigenvalue weighted by atomic mass is 10.1. The maximum atomic E-state index is 11.2. The lowest BCUT2D eigenvalue weighted by Gasteiger charge is -1.97. The first-order valence-corrected chi connectivity index (χ1v) is 3.54. The van der Waals surface area contributed by atoms with E-state index in [9.17, 15) is 4.79 Å². The van der Waals surface area contributed by atoms with Crippen molar-refractivity contribution in [1.29, 1.82) is 0 Å². The number of hydrogen-bond acceptors (Lipinski definition) is 2. The van der Waals surface area contributed by atoms with E-state index in [1.54, 1.807) is 0 Å². The van der Waals surface area contributed by atoms with E-state index in [0.717, 1.165) is 16.9 Å². The van der Waals surface area contributed by atoms with Gasteiger partial charge in [0, 0.05) is 0 Å². The maximum Gasteiger partial charge on any atom is 0.204 e. The minimum Gasteiger partial charge on any atom is -0.485 e. The molecule has 0 saturated heterocycles. The lowest BCUT2D eigenvalue weighted by molar-refractivity contribution is 0.0961. The molecule has 0 aliphatic carbocycles. The van der Waals surface area contributed by atoms with Crippen molar-refractivity contribution >= 4 is 5.78 Å². The van der Waals surface area contributed by atoms with Gasteiger partial charge in [-0.05, 0) is 18.6 Å². The zero-order valence-corrected chi connectivity index (χ0v) is 6.26. The van der Waals surface area contributed by atoms with E-state index in [1.807, 2.05) is 25.1 Å². The van der Waals surface area contributed by atoms with E-state index < -0.39 is 0 Å². The molecule has 56 valence electrons. The zero-order valence-electron chi connectivity index (χ0n) is 6.26. The highest BCUT2D eigenvalue weighted by Crippen LogP contribution is 2.27. The van der Waals surface area contributed by atoms with Gasteiger partial charge in [-0.15, -0.1) is 0 Å². The van der Waals surface area contributed by atoms with Crippen molar-refractivity contribution in [3.05, 3.63) is 29.3 Å². The fourth-order valence-corrected chi connectivity index (χ4v) is 1.33. The molecule has 1 aliphatic rings. The molecule has 0 saturated carbocycles. The van der Waals surface area contributed by atoms with E-state index in [1.165, 1.54) is 0 Å². The minimum atomic E-state index is 0.0955. The first-order chi connectivity index (χ1) is 5.29. The molecule has 1 aromatic rings. The lowest BCUT2D eigenvalue weighted by Crippen LogP contribution is -2.00. The fourth-order valence-electron chi connectivity index (χ4n) is 1.33. The van der Waals surface area contributed by atoms with Crippen LogP contribution in [0.2, 0.25) is 0 Å². The fraction of sp³-hybridized carbons (Fsp3) is 0.222. The second-order valence-electron chi connectivity index (χ2n) is 2.66. The van der Waals surface area contributed by atoms with Gasteiger partial charge in [-0.3, -0.25) is 4.79 Å². The molecular formula is C9H8O2. The Labute approximate surface area is 64.8 Å². The maximum absolute atomic E-state index is 11.2. The van der Waals surface area contributed by atoms with Crippen LogP contribution in [-0.2, 0) is 0 Å². The van der Waals surface area contributed by atoms with Crippen LogP contribution in [0.25, 0.3) is 0 Å². The van der Waals surface area contributed by atoms with Crippen LogP contribution in [0.5, 0.6) is 5.75 Å². The SMILES string of the molecule is Cc1cccc2c1C(=O)CO2. The molecule has 1 aliphatic heterocycles. The first-order valence-electron chi connectivity index (χ1n) is 3.54. The highest BCUT2D eigenvalue weighted by Gasteiger charge is 2.21. The number of carbonyl (C=O) groups excluding carboxylic acids is 1. The third-order valence-electron chi connectivity index (χ3n) is 1.87. The quantitative estimate of drug-likeness (QED) is 0.558. The number of ether oxygens (including phenoxy) is 1. The van der Waals surface area contributed by atoms with Crippen molar-refractivity contribution in [3.63, 3.8) is 0 Å². The Bertz CT molecular complexity index is 315. The van der Waals surface area contributed by atoms with Crippen molar-refractivity contribution in [2.24, 2.45) is 0 Å². The number of carbonyl (C=O) groups is 1. The summed E-state index contributed by atoms with van der Waals surface area (Å²) >= 11 is 0. The number of fused-ring (bicyclic) bond motifs is 1. The standard InChI is InChI=1S/C9H8O2/c1-6-3-2-4-8-9(6)7(10)5-11-8/h2-4H,5H2,1H3. The second-order valence-corrected chi connectivity index (χ2v) is 2.66. The summed E-state index contributed by atoms with van der Waals surface area (Å²) in [5.41, 5.74) is 1.76. The molecule has 0 atom stereocenters. The summed E-state index contributed by atoms with van der Waals surface area (Å²) in [6.07, 6.45) is 0. The average Bonchev–Trinajstić information content (AvgIpc) is 2.34. The summed E-state index contributed by atoms with van der Waals surface area (Å²) in [7, 11) is 0. The third kappa shape index (κ3) is 0.827. The normalized spacial score (nSPS) is 14.5. The molecule has 0 unspecified atom stereocenters. The molecular weight excluding hydrogens is 140 g/mol. The molecule has 0 N–H and O–H groups in total. The van der Waals surface area contributed by atoms with Gasteiger partial charge < -0.3 is 4.74 Å². The van der Waals surface area contributed by atoms with Gasteiger partial charge in [-0.2, -0.15) is 0 Å². The second kappa shape index (κ2) is 2.09. The van der Waals surface area contributed by atoms with Gasteiger partial charge in [-0.1, -0.05) is 12.1 Å². The molecule has 1 heterocycles. The summed E-state index contributed by atoms with van der Waals surface area (Å²) in [4.78, 5) is 11.2. The summed E-state index contributed by atoms with van der Waals surface area (Å²) in [5.74, 6) is 0.827. The van der Waals surface area contributed by atoms with Gasteiger partial charge >= 0.3 is 0 Å². The van der Waals surface area contributed by atoms with Crippen molar-refractivity contribution in [3.8, 4) is 5.75 Å². The number of benzene rings is 1. The molecule has 0 spiro atoms. The Morgan fingerprint density at radius 1 is 1.45 bits per heavy atom. The molecule has 11 heavy (non-hydrogen) atoms. The zero-order chi connectivity index (χ0) is 7.84. The molecule has 2 rings (SSSR count). The van der Waals surface area contributed by atoms with Crippen LogP contribution >= 0.6 is 0 Å². The summed E-state index contributed by atoms with van der Waals surface area (Å²) < 4.78 is 5.14. The molecule has 2 nitrogen and oxygen atoms in total. The molecule has 0 aromatic heterocycles. The third-order valence-corrected chi connectivity index (χ3v) is 1.87. The summed E-state index contributed by atoms with van der Waals surface area (Å²) in [6.45, 7) is 2.13. The van der Waals surface area contributed by atoms with Gasteiger partial charge in [0.1, 0.15) is 5.75 Å². The molecule has 0 amide bonds. The Balaban J connectivity index is 2.68. The topological polar surface area (TPSA) is 26.3 Å². The molecule has 2 heteroatoms. The minimum absolute atomic E-state index is 0.0955. The van der Waals surface area contributed by atoms with Gasteiger partial charge in [0.15, 0.2) is 6.61 Å². The number of rotatable bonds is 0. The molecule has 0 fully saturated rings. The Morgan fingerprint density at radius 2 is 2.27 bits per heavy atom. The summed E-state index contributed by atoms with van der Waals surface area (Å²) in [5, 5.41) is 0. The van der Waals surface area contributed by atoms with Crippen molar-refractivity contribution in [2.45, 2.75) is 6.92 Å². The van der Waals surface area contributed by atoms with E-state index in [2.05, 4.69) is 0 Å². The summed E-state index contributed by atoms with van der Waals surface area (Å²) in [6, 6.07) is 5.64. The van der Waals surface area contributed by atoms with Crippen molar-refractivity contribution < 1.29 is 9.53 Å². The van der Waals surface area contributed by atoms with Crippen LogP contribution in [-0.4, -0.2) is 12.4 Å². The van der Waals surface area contributed by atoms with Crippen LogP contribution in [0.15, 0.2) is 18.2 Å². The predicted octanol–water partition coefficient (Wildman–Crippen LogP) is 1.57. The van der Waals surface area contributed by atoms with E-state index in [0.29, 0.717) is 0 Å². The largest absolute Gasteiger partial charge is 0.485 e. The predicted molar refractivity (Wildman–Crippen MR) is 41.0 cm³/mol. The van der Waals surface area contributed by atoms with Gasteiger partial charge in [0.2, 0.25) is 5.78 Å². The highest BCUT2D eigenvalue weighted by atomic mass is 16.5. The van der Waals surface area contributed by atoms with E-state index >= 15 is 0 Å². The highest BCUT2D eigenvalue weighted by molar-refractivity contribution is 6.03. The van der Waals surface area contributed by atoms with E-state index in [4.69, 9.17) is 4.74 Å². The Hall–Kier alpha value is -1.31. The smallest absolute Gasteiger partial charge is 0.204 e. The number of Topliss-reactive ketones (excluding diaryl/α,β-unsaturated/α-hetero) is 1. The van der Waals surface area contributed by atoms with Crippen LogP contribution in [0, 0.1) is 6.92 Å². The van der Waals surface area contributed by atoms with Gasteiger partial charge in [0.05, 0.1) is 5.56 Å². The molecule has 0 radical (unpaired) electrons. The molecule has 0 bridgehead atoms. The number of aryl methyl sites for hydroxylation is 1. The first kappa shape index (κ1) is 6.40. The number of hydrogen-bond donors (Lipinski definition) is 0. The number of ketones is 1. The van der Waals surface area contributed by atoms with Crippen LogP contribution in [0.3, 0.4) is 0 Å². The Kier molecular flexibility index (Phi) is 1.22. The van der Waals surface area contributed by atoms with Gasteiger partial charge in [0.25, 0.3) is 0 Å². The van der Waals surface area contributed by atoms with Crippen molar-refractivity contribution in [1.82, 2.24) is 0 Å². The van der Waals surface area contributed by atoms with Gasteiger partial charge in [-0.25, -0.2) is 0 Å². The van der Waals surface area contributed by atoms with Crippen LogP contribution in [0.4, 0.5) is 0 Å². The molecule has 1 aromatic carbocycles. The van der Waals surface area contributed by atoms with Crippen molar-refractivity contribution in [2.75, 3.05) is 6.61 Å². The Morgan fingerprint density at radius 3 is 3.00 bits per heavy atom. The average molecular weight is 148 g/mol.